The largest absolute Gasteiger partial charge is 0.443 e. The number of guanidine groups is 1. The van der Waals surface area contributed by atoms with E-state index in [0.717, 1.165) is 31.2 Å². The molecule has 5 nitrogen and oxygen atoms in total. The van der Waals surface area contributed by atoms with Crippen LogP contribution < -0.4 is 10.6 Å². The van der Waals surface area contributed by atoms with Crippen molar-refractivity contribution >= 4 is 5.96 Å². The Morgan fingerprint density at radius 2 is 2.29 bits per heavy atom. The van der Waals surface area contributed by atoms with Crippen molar-refractivity contribution in [3.05, 3.63) is 17.8 Å². The van der Waals surface area contributed by atoms with Gasteiger partial charge in [0.2, 0.25) is 5.89 Å². The summed E-state index contributed by atoms with van der Waals surface area (Å²) in [4.78, 5) is 8.58. The summed E-state index contributed by atoms with van der Waals surface area (Å²) in [5, 5.41) is 6.38. The topological polar surface area (TPSA) is 62.5 Å². The smallest absolute Gasteiger partial charge is 0.213 e. The summed E-state index contributed by atoms with van der Waals surface area (Å²) in [6.45, 7) is 8.76. The standard InChI is InChI=1S/C12H20N4O/c1-12(2,3)9-7-15-10(17-9)8-16-11-13-5-4-6-14-11/h7H,4-6,8H2,1-3H3,(H2,13,14,16). The number of oxazole rings is 1. The van der Waals surface area contributed by atoms with E-state index in [1.54, 1.807) is 6.20 Å². The Balaban J connectivity index is 1.91. The fraction of sp³-hybridized carbons (Fsp3) is 0.667. The molecule has 2 rings (SSSR count). The first-order chi connectivity index (χ1) is 8.05. The Morgan fingerprint density at radius 3 is 2.88 bits per heavy atom. The predicted octanol–water partition coefficient (Wildman–Crippen LogP) is 1.41. The lowest BCUT2D eigenvalue weighted by molar-refractivity contribution is 0.379. The van der Waals surface area contributed by atoms with Gasteiger partial charge in [0.05, 0.1) is 12.7 Å². The first kappa shape index (κ1) is 12.0. The minimum Gasteiger partial charge on any atom is -0.443 e. The molecule has 0 radical (unpaired) electrons. The predicted molar refractivity (Wildman–Crippen MR) is 67.0 cm³/mol. The number of nitrogens with zero attached hydrogens (tertiary/aromatic N) is 2. The maximum atomic E-state index is 5.68. The van der Waals surface area contributed by atoms with Crippen molar-refractivity contribution in [2.24, 2.45) is 4.99 Å². The molecule has 0 fully saturated rings. The van der Waals surface area contributed by atoms with E-state index < -0.39 is 0 Å². The van der Waals surface area contributed by atoms with Crippen molar-refractivity contribution in [1.29, 1.82) is 0 Å². The molecule has 1 aromatic heterocycles. The van der Waals surface area contributed by atoms with Crippen molar-refractivity contribution in [3.63, 3.8) is 0 Å². The van der Waals surface area contributed by atoms with Gasteiger partial charge in [0, 0.05) is 18.5 Å². The molecule has 1 aliphatic heterocycles. The zero-order chi connectivity index (χ0) is 12.3. The molecule has 94 valence electrons. The van der Waals surface area contributed by atoms with E-state index in [4.69, 9.17) is 4.42 Å². The van der Waals surface area contributed by atoms with Gasteiger partial charge < -0.3 is 15.1 Å². The van der Waals surface area contributed by atoms with Gasteiger partial charge in [0.15, 0.2) is 5.96 Å². The maximum Gasteiger partial charge on any atom is 0.213 e. The summed E-state index contributed by atoms with van der Waals surface area (Å²) < 4.78 is 5.68. The monoisotopic (exact) mass is 236 g/mol. The van der Waals surface area contributed by atoms with Crippen LogP contribution >= 0.6 is 0 Å². The highest BCUT2D eigenvalue weighted by atomic mass is 16.4. The third-order valence-corrected chi connectivity index (χ3v) is 2.60. The van der Waals surface area contributed by atoms with Crippen LogP contribution in [-0.4, -0.2) is 24.0 Å². The van der Waals surface area contributed by atoms with E-state index in [1.165, 1.54) is 0 Å². The van der Waals surface area contributed by atoms with Gasteiger partial charge in [-0.15, -0.1) is 0 Å². The molecular formula is C12H20N4O. The number of aromatic nitrogens is 1. The normalized spacial score (nSPS) is 16.3. The number of rotatable bonds is 2. The number of nitrogens with one attached hydrogen (secondary N) is 2. The van der Waals surface area contributed by atoms with Crippen LogP contribution in [-0.2, 0) is 12.0 Å². The van der Waals surface area contributed by atoms with Gasteiger partial charge in [0.25, 0.3) is 0 Å². The molecule has 0 aromatic carbocycles. The van der Waals surface area contributed by atoms with E-state index in [0.29, 0.717) is 12.4 Å². The van der Waals surface area contributed by atoms with Crippen LogP contribution in [0.1, 0.15) is 38.8 Å². The zero-order valence-corrected chi connectivity index (χ0v) is 10.7. The SMILES string of the molecule is CC(C)(C)c1cnc(CNC2=NCCCN2)o1. The molecule has 0 bridgehead atoms. The summed E-state index contributed by atoms with van der Waals surface area (Å²) in [7, 11) is 0. The highest BCUT2D eigenvalue weighted by Crippen LogP contribution is 2.22. The van der Waals surface area contributed by atoms with Gasteiger partial charge in [-0.05, 0) is 6.42 Å². The number of hydrogen-bond acceptors (Lipinski definition) is 5. The summed E-state index contributed by atoms with van der Waals surface area (Å²) in [5.41, 5.74) is 0.00581. The maximum absolute atomic E-state index is 5.68. The van der Waals surface area contributed by atoms with Crippen molar-refractivity contribution in [2.45, 2.75) is 39.2 Å². The minimum atomic E-state index is 0.00581. The van der Waals surface area contributed by atoms with Crippen molar-refractivity contribution in [3.8, 4) is 0 Å². The average Bonchev–Trinajstić information content (AvgIpc) is 2.76. The van der Waals surface area contributed by atoms with Gasteiger partial charge in [-0.25, -0.2) is 4.98 Å². The Bertz CT molecular complexity index is 403. The lowest BCUT2D eigenvalue weighted by Crippen LogP contribution is -2.40. The molecule has 17 heavy (non-hydrogen) atoms. The van der Waals surface area contributed by atoms with E-state index in [-0.39, 0.29) is 5.41 Å². The van der Waals surface area contributed by atoms with Crippen molar-refractivity contribution in [1.82, 2.24) is 15.6 Å². The van der Waals surface area contributed by atoms with Gasteiger partial charge in [0.1, 0.15) is 5.76 Å². The third kappa shape index (κ3) is 3.22. The first-order valence-electron chi connectivity index (χ1n) is 6.03. The van der Waals surface area contributed by atoms with Gasteiger partial charge >= 0.3 is 0 Å². The minimum absolute atomic E-state index is 0.00581. The molecule has 5 heteroatoms. The van der Waals surface area contributed by atoms with Gasteiger partial charge in [-0.2, -0.15) is 0 Å². The van der Waals surface area contributed by atoms with E-state index >= 15 is 0 Å². The molecule has 0 saturated carbocycles. The Morgan fingerprint density at radius 1 is 1.47 bits per heavy atom. The van der Waals surface area contributed by atoms with Crippen LogP contribution in [0.2, 0.25) is 0 Å². The van der Waals surface area contributed by atoms with Crippen LogP contribution in [0.25, 0.3) is 0 Å². The molecule has 0 saturated heterocycles. The van der Waals surface area contributed by atoms with E-state index in [2.05, 4.69) is 41.4 Å². The molecule has 2 N–H and O–H groups in total. The van der Waals surface area contributed by atoms with Gasteiger partial charge in [-0.1, -0.05) is 20.8 Å². The zero-order valence-electron chi connectivity index (χ0n) is 10.7. The fourth-order valence-electron chi connectivity index (χ4n) is 1.55. The van der Waals surface area contributed by atoms with Crippen LogP contribution in [0.15, 0.2) is 15.6 Å². The lowest BCUT2D eigenvalue weighted by atomic mass is 9.94. The van der Waals surface area contributed by atoms with Crippen molar-refractivity contribution in [2.75, 3.05) is 13.1 Å². The second-order valence-corrected chi connectivity index (χ2v) is 5.23. The third-order valence-electron chi connectivity index (χ3n) is 2.60. The second kappa shape index (κ2) is 4.77. The molecular weight excluding hydrogens is 216 g/mol. The summed E-state index contributed by atoms with van der Waals surface area (Å²) in [6.07, 6.45) is 2.89. The fourth-order valence-corrected chi connectivity index (χ4v) is 1.55. The highest BCUT2D eigenvalue weighted by Gasteiger charge is 2.19. The molecule has 0 spiro atoms. The van der Waals surface area contributed by atoms with Crippen LogP contribution in [0.4, 0.5) is 0 Å². The summed E-state index contributed by atoms with van der Waals surface area (Å²) in [5.74, 6) is 2.45. The summed E-state index contributed by atoms with van der Waals surface area (Å²) >= 11 is 0. The van der Waals surface area contributed by atoms with Crippen LogP contribution in [0.5, 0.6) is 0 Å². The van der Waals surface area contributed by atoms with Crippen LogP contribution in [0, 0.1) is 0 Å². The molecule has 0 atom stereocenters. The average molecular weight is 236 g/mol. The number of aliphatic imine (C=N–C) groups is 1. The van der Waals surface area contributed by atoms with Crippen molar-refractivity contribution < 1.29 is 4.42 Å². The number of hydrogen-bond donors (Lipinski definition) is 2. The van der Waals surface area contributed by atoms with Crippen LogP contribution in [0.3, 0.4) is 0 Å². The lowest BCUT2D eigenvalue weighted by Gasteiger charge is -2.15. The first-order valence-corrected chi connectivity index (χ1v) is 6.03. The molecule has 0 unspecified atom stereocenters. The highest BCUT2D eigenvalue weighted by molar-refractivity contribution is 5.80. The Hall–Kier alpha value is -1.52. The van der Waals surface area contributed by atoms with E-state index in [1.807, 2.05) is 0 Å². The quantitative estimate of drug-likeness (QED) is 0.815. The Kier molecular flexibility index (Phi) is 3.36. The molecule has 0 amide bonds. The van der Waals surface area contributed by atoms with Gasteiger partial charge in [-0.3, -0.25) is 4.99 Å². The molecule has 0 aliphatic carbocycles. The molecule has 1 aliphatic rings. The summed E-state index contributed by atoms with van der Waals surface area (Å²) in [6, 6.07) is 0. The van der Waals surface area contributed by atoms with E-state index in [9.17, 15) is 0 Å². The second-order valence-electron chi connectivity index (χ2n) is 5.23. The molecule has 2 heterocycles. The molecule has 1 aromatic rings. The Labute approximate surface area is 102 Å².